The fourth-order valence-electron chi connectivity index (χ4n) is 2.79. The van der Waals surface area contributed by atoms with Gasteiger partial charge in [-0.25, -0.2) is 0 Å². The fraction of sp³-hybridized carbons (Fsp3) is 0.647. The highest BCUT2D eigenvalue weighted by Crippen LogP contribution is 2.17. The van der Waals surface area contributed by atoms with E-state index >= 15 is 0 Å². The van der Waals surface area contributed by atoms with Crippen LogP contribution in [0.4, 0.5) is 0 Å². The SMILES string of the molecule is CC1CCN(C(C)CNC(=O)CN(C)C(=O)c2cccs2)CC1. The third kappa shape index (κ3) is 5.32. The number of piperidine rings is 1. The molecule has 0 aromatic carbocycles. The second-order valence-corrected chi connectivity index (χ2v) is 7.46. The number of likely N-dealkylation sites (tertiary alicyclic amines) is 1. The van der Waals surface area contributed by atoms with E-state index in [0.29, 0.717) is 17.5 Å². The molecule has 1 aromatic heterocycles. The molecule has 2 rings (SSSR count). The van der Waals surface area contributed by atoms with Gasteiger partial charge in [0.15, 0.2) is 0 Å². The molecule has 1 aliphatic heterocycles. The summed E-state index contributed by atoms with van der Waals surface area (Å²) in [5.74, 6) is 0.604. The number of carbonyl (C=O) groups excluding carboxylic acids is 2. The van der Waals surface area contributed by atoms with Gasteiger partial charge in [0.1, 0.15) is 0 Å². The molecule has 0 saturated carbocycles. The van der Waals surface area contributed by atoms with Crippen molar-refractivity contribution in [2.75, 3.05) is 33.2 Å². The highest BCUT2D eigenvalue weighted by molar-refractivity contribution is 7.12. The molecule has 6 heteroatoms. The van der Waals surface area contributed by atoms with Crippen LogP contribution in [0.15, 0.2) is 17.5 Å². The summed E-state index contributed by atoms with van der Waals surface area (Å²) in [5.41, 5.74) is 0. The van der Waals surface area contributed by atoms with Crippen LogP contribution < -0.4 is 5.32 Å². The average molecular weight is 337 g/mol. The topological polar surface area (TPSA) is 52.7 Å². The predicted molar refractivity (Wildman–Crippen MR) is 93.7 cm³/mol. The summed E-state index contributed by atoms with van der Waals surface area (Å²) in [6.07, 6.45) is 2.46. The van der Waals surface area contributed by atoms with Gasteiger partial charge in [-0.3, -0.25) is 14.5 Å². The zero-order chi connectivity index (χ0) is 16.8. The predicted octanol–water partition coefficient (Wildman–Crippen LogP) is 2.06. The Hall–Kier alpha value is -1.40. The number of rotatable bonds is 6. The van der Waals surface area contributed by atoms with Crippen LogP contribution >= 0.6 is 11.3 Å². The van der Waals surface area contributed by atoms with E-state index in [9.17, 15) is 9.59 Å². The zero-order valence-electron chi connectivity index (χ0n) is 14.2. The monoisotopic (exact) mass is 337 g/mol. The second-order valence-electron chi connectivity index (χ2n) is 6.51. The highest BCUT2D eigenvalue weighted by atomic mass is 32.1. The summed E-state index contributed by atoms with van der Waals surface area (Å²) >= 11 is 1.39. The van der Waals surface area contributed by atoms with Gasteiger partial charge in [0.25, 0.3) is 5.91 Å². The molecule has 1 aliphatic rings. The van der Waals surface area contributed by atoms with Gasteiger partial charge >= 0.3 is 0 Å². The third-order valence-corrected chi connectivity index (χ3v) is 5.35. The van der Waals surface area contributed by atoms with E-state index in [-0.39, 0.29) is 18.4 Å². The molecule has 5 nitrogen and oxygen atoms in total. The van der Waals surface area contributed by atoms with Crippen LogP contribution in [0.1, 0.15) is 36.4 Å². The minimum atomic E-state index is -0.104. The van der Waals surface area contributed by atoms with Gasteiger partial charge in [-0.05, 0) is 50.2 Å². The minimum absolute atomic E-state index is 0.0977. The van der Waals surface area contributed by atoms with Gasteiger partial charge < -0.3 is 10.2 Å². The first-order valence-electron chi connectivity index (χ1n) is 8.27. The van der Waals surface area contributed by atoms with Crippen molar-refractivity contribution in [2.24, 2.45) is 5.92 Å². The summed E-state index contributed by atoms with van der Waals surface area (Å²) in [6, 6.07) is 3.96. The molecule has 1 N–H and O–H groups in total. The van der Waals surface area contributed by atoms with Crippen molar-refractivity contribution < 1.29 is 9.59 Å². The van der Waals surface area contributed by atoms with Crippen LogP contribution in [-0.4, -0.2) is 60.9 Å². The molecule has 1 aromatic rings. The number of nitrogens with zero attached hydrogens (tertiary/aromatic N) is 2. The molecule has 1 saturated heterocycles. The number of amides is 2. The fourth-order valence-corrected chi connectivity index (χ4v) is 3.51. The van der Waals surface area contributed by atoms with Crippen LogP contribution in [0, 0.1) is 5.92 Å². The molecule has 1 atom stereocenters. The number of hydrogen-bond acceptors (Lipinski definition) is 4. The smallest absolute Gasteiger partial charge is 0.264 e. The van der Waals surface area contributed by atoms with Crippen molar-refractivity contribution in [2.45, 2.75) is 32.7 Å². The van der Waals surface area contributed by atoms with Gasteiger partial charge in [-0.1, -0.05) is 13.0 Å². The number of carbonyl (C=O) groups is 2. The Bertz CT molecular complexity index is 510. The first-order valence-corrected chi connectivity index (χ1v) is 9.15. The Morgan fingerprint density at radius 1 is 1.43 bits per heavy atom. The van der Waals surface area contributed by atoms with Gasteiger partial charge in [0.2, 0.25) is 5.91 Å². The van der Waals surface area contributed by atoms with E-state index in [1.807, 2.05) is 11.4 Å². The quantitative estimate of drug-likeness (QED) is 0.864. The normalized spacial score (nSPS) is 17.7. The van der Waals surface area contributed by atoms with Gasteiger partial charge in [0.05, 0.1) is 11.4 Å². The molecule has 2 amide bonds. The molecule has 1 unspecified atom stereocenters. The maximum absolute atomic E-state index is 12.1. The number of nitrogens with one attached hydrogen (secondary N) is 1. The average Bonchev–Trinajstić information content (AvgIpc) is 3.06. The minimum Gasteiger partial charge on any atom is -0.353 e. The summed E-state index contributed by atoms with van der Waals surface area (Å²) in [6.45, 7) is 7.39. The van der Waals surface area contributed by atoms with Crippen LogP contribution in [0.25, 0.3) is 0 Å². The first kappa shape index (κ1) is 17.9. The van der Waals surface area contributed by atoms with Gasteiger partial charge in [0, 0.05) is 19.6 Å². The van der Waals surface area contributed by atoms with Crippen LogP contribution in [0.5, 0.6) is 0 Å². The van der Waals surface area contributed by atoms with Gasteiger partial charge in [-0.15, -0.1) is 11.3 Å². The molecule has 1 fully saturated rings. The van der Waals surface area contributed by atoms with Crippen LogP contribution in [-0.2, 0) is 4.79 Å². The Morgan fingerprint density at radius 2 is 2.13 bits per heavy atom. The van der Waals surface area contributed by atoms with Crippen LogP contribution in [0.3, 0.4) is 0 Å². The number of thiophene rings is 1. The van der Waals surface area contributed by atoms with E-state index < -0.39 is 0 Å². The summed E-state index contributed by atoms with van der Waals surface area (Å²) in [4.78, 5) is 28.7. The lowest BCUT2D eigenvalue weighted by atomic mass is 9.98. The lowest BCUT2D eigenvalue weighted by Crippen LogP contribution is -2.47. The number of likely N-dealkylation sites (N-methyl/N-ethyl adjacent to an activating group) is 1. The Balaban J connectivity index is 1.71. The molecule has 0 bridgehead atoms. The summed E-state index contributed by atoms with van der Waals surface area (Å²) < 4.78 is 0. The maximum atomic E-state index is 12.1. The maximum Gasteiger partial charge on any atom is 0.264 e. The van der Waals surface area contributed by atoms with Crippen LogP contribution in [0.2, 0.25) is 0 Å². The first-order chi connectivity index (χ1) is 11.0. The lowest BCUT2D eigenvalue weighted by molar-refractivity contribution is -0.121. The standard InChI is InChI=1S/C17H27N3O2S/c1-13-6-8-20(9-7-13)14(2)11-18-16(21)12-19(3)17(22)15-5-4-10-23-15/h4-5,10,13-14H,6-9,11-12H2,1-3H3,(H,18,21). The second kappa shape index (κ2) is 8.45. The molecule has 0 radical (unpaired) electrons. The van der Waals surface area contributed by atoms with Gasteiger partial charge in [-0.2, -0.15) is 0 Å². The van der Waals surface area contributed by atoms with Crippen molar-refractivity contribution in [3.63, 3.8) is 0 Å². The Labute approximate surface area is 142 Å². The van der Waals surface area contributed by atoms with Crippen molar-refractivity contribution in [3.8, 4) is 0 Å². The van der Waals surface area contributed by atoms with Crippen molar-refractivity contribution in [1.82, 2.24) is 15.1 Å². The largest absolute Gasteiger partial charge is 0.353 e. The highest BCUT2D eigenvalue weighted by Gasteiger charge is 2.21. The molecule has 128 valence electrons. The van der Waals surface area contributed by atoms with Crippen molar-refractivity contribution in [3.05, 3.63) is 22.4 Å². The molecule has 23 heavy (non-hydrogen) atoms. The summed E-state index contributed by atoms with van der Waals surface area (Å²) in [5, 5.41) is 4.81. The summed E-state index contributed by atoms with van der Waals surface area (Å²) in [7, 11) is 1.66. The lowest BCUT2D eigenvalue weighted by Gasteiger charge is -2.35. The van der Waals surface area contributed by atoms with Crippen molar-refractivity contribution >= 4 is 23.2 Å². The Kier molecular flexibility index (Phi) is 6.59. The van der Waals surface area contributed by atoms with E-state index in [4.69, 9.17) is 0 Å². The molecule has 2 heterocycles. The molecule has 0 aliphatic carbocycles. The molecule has 0 spiro atoms. The van der Waals surface area contributed by atoms with E-state index in [1.54, 1.807) is 13.1 Å². The molecular weight excluding hydrogens is 310 g/mol. The Morgan fingerprint density at radius 3 is 2.74 bits per heavy atom. The third-order valence-electron chi connectivity index (χ3n) is 4.50. The molecular formula is C17H27N3O2S. The van der Waals surface area contributed by atoms with E-state index in [1.165, 1.54) is 29.1 Å². The van der Waals surface area contributed by atoms with Crippen molar-refractivity contribution in [1.29, 1.82) is 0 Å². The van der Waals surface area contributed by atoms with E-state index in [2.05, 4.69) is 24.1 Å². The zero-order valence-corrected chi connectivity index (χ0v) is 15.1. The number of hydrogen-bond donors (Lipinski definition) is 1. The van der Waals surface area contributed by atoms with E-state index in [0.717, 1.165) is 19.0 Å².